The minimum atomic E-state index is -0.566. The molecule has 104 valence electrons. The molecule has 0 fully saturated rings. The van der Waals surface area contributed by atoms with Crippen LogP contribution in [0.2, 0.25) is 0 Å². The zero-order valence-corrected chi connectivity index (χ0v) is 12.2. The van der Waals surface area contributed by atoms with E-state index in [4.69, 9.17) is 5.73 Å². The van der Waals surface area contributed by atoms with Crippen LogP contribution in [0.1, 0.15) is 22.7 Å². The van der Waals surface area contributed by atoms with Crippen molar-refractivity contribution >= 4 is 21.6 Å². The number of non-ortho nitro benzene ring substituents is 1. The summed E-state index contributed by atoms with van der Waals surface area (Å²) in [5, 5.41) is 10.9. The largest absolute Gasteiger partial charge is 0.320 e. The highest BCUT2D eigenvalue weighted by Crippen LogP contribution is 2.30. The highest BCUT2D eigenvalue weighted by Gasteiger charge is 2.16. The second kappa shape index (κ2) is 5.68. The van der Waals surface area contributed by atoms with E-state index in [1.165, 1.54) is 24.3 Å². The molecule has 0 amide bonds. The summed E-state index contributed by atoms with van der Waals surface area (Å²) < 4.78 is 13.6. The highest BCUT2D eigenvalue weighted by molar-refractivity contribution is 9.10. The first-order valence-electron chi connectivity index (χ1n) is 5.85. The summed E-state index contributed by atoms with van der Waals surface area (Å²) in [6.45, 7) is 1.77. The minimum absolute atomic E-state index is 0.00585. The molecule has 1 atom stereocenters. The summed E-state index contributed by atoms with van der Waals surface area (Å²) in [6.07, 6.45) is 0. The third-order valence-electron chi connectivity index (χ3n) is 2.95. The van der Waals surface area contributed by atoms with Gasteiger partial charge >= 0.3 is 0 Å². The molecule has 6 heteroatoms. The summed E-state index contributed by atoms with van der Waals surface area (Å²) >= 11 is 3.26. The lowest BCUT2D eigenvalue weighted by atomic mass is 9.97. The van der Waals surface area contributed by atoms with Crippen molar-refractivity contribution in [3.63, 3.8) is 0 Å². The Morgan fingerprint density at radius 3 is 2.60 bits per heavy atom. The van der Waals surface area contributed by atoms with Gasteiger partial charge in [-0.2, -0.15) is 0 Å². The SMILES string of the molecule is Cc1cc(C(N)c2ccc(F)cc2Br)cc([N+](=O)[O-])c1. The van der Waals surface area contributed by atoms with Gasteiger partial charge in [0.1, 0.15) is 5.82 Å². The van der Waals surface area contributed by atoms with Crippen molar-refractivity contribution in [2.75, 3.05) is 0 Å². The van der Waals surface area contributed by atoms with Gasteiger partial charge in [-0.25, -0.2) is 4.39 Å². The van der Waals surface area contributed by atoms with E-state index in [0.717, 1.165) is 5.56 Å². The molecule has 0 spiro atoms. The van der Waals surface area contributed by atoms with Crippen molar-refractivity contribution in [3.8, 4) is 0 Å². The van der Waals surface area contributed by atoms with E-state index in [9.17, 15) is 14.5 Å². The molecule has 0 saturated heterocycles. The van der Waals surface area contributed by atoms with Crippen LogP contribution in [0, 0.1) is 22.9 Å². The van der Waals surface area contributed by atoms with E-state index in [2.05, 4.69) is 15.9 Å². The molecule has 0 aliphatic heterocycles. The fourth-order valence-corrected chi connectivity index (χ4v) is 2.61. The zero-order chi connectivity index (χ0) is 14.9. The molecule has 2 rings (SSSR count). The molecule has 2 N–H and O–H groups in total. The van der Waals surface area contributed by atoms with Crippen molar-refractivity contribution in [1.29, 1.82) is 0 Å². The van der Waals surface area contributed by atoms with Crippen LogP contribution in [0.25, 0.3) is 0 Å². The van der Waals surface area contributed by atoms with Crippen LogP contribution in [-0.2, 0) is 0 Å². The first kappa shape index (κ1) is 14.6. The summed E-state index contributed by atoms with van der Waals surface area (Å²) in [6, 6.07) is 8.34. The van der Waals surface area contributed by atoms with Gasteiger partial charge in [-0.3, -0.25) is 10.1 Å². The molecule has 0 aliphatic rings. The zero-order valence-electron chi connectivity index (χ0n) is 10.6. The molecule has 2 aromatic carbocycles. The lowest BCUT2D eigenvalue weighted by Crippen LogP contribution is -2.13. The van der Waals surface area contributed by atoms with E-state index >= 15 is 0 Å². The molecule has 0 heterocycles. The first-order valence-corrected chi connectivity index (χ1v) is 6.64. The number of nitro groups is 1. The van der Waals surface area contributed by atoms with E-state index in [-0.39, 0.29) is 11.5 Å². The first-order chi connectivity index (χ1) is 9.38. The van der Waals surface area contributed by atoms with Crippen molar-refractivity contribution < 1.29 is 9.31 Å². The maximum absolute atomic E-state index is 13.1. The van der Waals surface area contributed by atoms with Crippen LogP contribution >= 0.6 is 15.9 Å². The topological polar surface area (TPSA) is 69.2 Å². The van der Waals surface area contributed by atoms with Gasteiger partial charge in [-0.15, -0.1) is 0 Å². The van der Waals surface area contributed by atoms with Crippen LogP contribution in [0.4, 0.5) is 10.1 Å². The van der Waals surface area contributed by atoms with Gasteiger partial charge in [-0.05, 0) is 35.7 Å². The second-order valence-corrected chi connectivity index (χ2v) is 5.36. The van der Waals surface area contributed by atoms with Gasteiger partial charge in [0.05, 0.1) is 11.0 Å². The van der Waals surface area contributed by atoms with Crippen LogP contribution in [0.15, 0.2) is 40.9 Å². The molecule has 0 aliphatic carbocycles. The Morgan fingerprint density at radius 2 is 2.00 bits per heavy atom. The monoisotopic (exact) mass is 338 g/mol. The minimum Gasteiger partial charge on any atom is -0.320 e. The Balaban J connectivity index is 2.47. The number of hydrogen-bond donors (Lipinski definition) is 1. The molecule has 0 aromatic heterocycles. The average Bonchev–Trinajstić information content (AvgIpc) is 2.37. The molecular weight excluding hydrogens is 327 g/mol. The predicted octanol–water partition coefficient (Wildman–Crippen LogP) is 3.85. The van der Waals surface area contributed by atoms with Crippen LogP contribution in [0.5, 0.6) is 0 Å². The number of benzene rings is 2. The normalized spacial score (nSPS) is 12.2. The van der Waals surface area contributed by atoms with Gasteiger partial charge in [0, 0.05) is 16.6 Å². The standard InChI is InChI=1S/C14H12BrFN2O2/c1-8-4-9(6-11(5-8)18(19)20)14(17)12-3-2-10(16)7-13(12)15/h2-7,14H,17H2,1H3. The van der Waals surface area contributed by atoms with Gasteiger partial charge in [0.15, 0.2) is 0 Å². The number of nitro benzene ring substituents is 1. The van der Waals surface area contributed by atoms with Crippen LogP contribution in [0.3, 0.4) is 0 Å². The molecule has 4 nitrogen and oxygen atoms in total. The van der Waals surface area contributed by atoms with Gasteiger partial charge < -0.3 is 5.73 Å². The number of nitrogens with zero attached hydrogens (tertiary/aromatic N) is 1. The Bertz CT molecular complexity index is 676. The molecule has 20 heavy (non-hydrogen) atoms. The Kier molecular flexibility index (Phi) is 4.15. The van der Waals surface area contributed by atoms with Gasteiger partial charge in [0.25, 0.3) is 5.69 Å². The summed E-state index contributed by atoms with van der Waals surface area (Å²) in [4.78, 5) is 10.4. The van der Waals surface area contributed by atoms with E-state index in [0.29, 0.717) is 15.6 Å². The molecule has 0 bridgehead atoms. The smallest absolute Gasteiger partial charge is 0.270 e. The Labute approximate surface area is 123 Å². The van der Waals surface area contributed by atoms with Crippen LogP contribution < -0.4 is 5.73 Å². The number of hydrogen-bond acceptors (Lipinski definition) is 3. The summed E-state index contributed by atoms with van der Waals surface area (Å²) in [5.74, 6) is -0.372. The fraction of sp³-hybridized carbons (Fsp3) is 0.143. The summed E-state index contributed by atoms with van der Waals surface area (Å²) in [5.41, 5.74) is 8.16. The van der Waals surface area contributed by atoms with E-state index in [1.54, 1.807) is 19.1 Å². The Hall–Kier alpha value is -1.79. The van der Waals surface area contributed by atoms with E-state index < -0.39 is 11.0 Å². The van der Waals surface area contributed by atoms with Crippen LogP contribution in [-0.4, -0.2) is 4.92 Å². The number of rotatable bonds is 3. The maximum atomic E-state index is 13.1. The second-order valence-electron chi connectivity index (χ2n) is 4.50. The van der Waals surface area contributed by atoms with Crippen molar-refractivity contribution in [2.24, 2.45) is 5.73 Å². The van der Waals surface area contributed by atoms with E-state index in [1.807, 2.05) is 0 Å². The molecular formula is C14H12BrFN2O2. The van der Waals surface area contributed by atoms with Gasteiger partial charge in [0.2, 0.25) is 0 Å². The fourth-order valence-electron chi connectivity index (χ4n) is 2.01. The lowest BCUT2D eigenvalue weighted by Gasteiger charge is -2.15. The third kappa shape index (κ3) is 3.02. The Morgan fingerprint density at radius 1 is 1.30 bits per heavy atom. The predicted molar refractivity (Wildman–Crippen MR) is 78.0 cm³/mol. The van der Waals surface area contributed by atoms with Crippen molar-refractivity contribution in [1.82, 2.24) is 0 Å². The van der Waals surface area contributed by atoms with Crippen molar-refractivity contribution in [3.05, 3.63) is 73.5 Å². The quantitative estimate of drug-likeness (QED) is 0.682. The maximum Gasteiger partial charge on any atom is 0.270 e. The third-order valence-corrected chi connectivity index (χ3v) is 3.64. The summed E-state index contributed by atoms with van der Waals surface area (Å²) in [7, 11) is 0. The molecule has 0 radical (unpaired) electrons. The molecule has 2 aromatic rings. The lowest BCUT2D eigenvalue weighted by molar-refractivity contribution is -0.385. The molecule has 1 unspecified atom stereocenters. The number of aryl methyl sites for hydroxylation is 1. The molecule has 0 saturated carbocycles. The highest BCUT2D eigenvalue weighted by atomic mass is 79.9. The number of nitrogens with two attached hydrogens (primary N) is 1. The van der Waals surface area contributed by atoms with Crippen molar-refractivity contribution in [2.45, 2.75) is 13.0 Å². The van der Waals surface area contributed by atoms with Gasteiger partial charge in [-0.1, -0.05) is 28.1 Å². The average molecular weight is 339 g/mol. The number of halogens is 2.